The molecule has 1 heteroatoms. The fourth-order valence-corrected chi connectivity index (χ4v) is 2.84. The summed E-state index contributed by atoms with van der Waals surface area (Å²) in [7, 11) is 0. The van der Waals surface area contributed by atoms with Crippen molar-refractivity contribution in [2.45, 2.75) is 33.6 Å². The number of rotatable bonds is 4. The highest BCUT2D eigenvalue weighted by Crippen LogP contribution is 2.28. The van der Waals surface area contributed by atoms with Gasteiger partial charge in [-0.15, -0.1) is 0 Å². The summed E-state index contributed by atoms with van der Waals surface area (Å²) in [6, 6.07) is 15.5. The Labute approximate surface area is 122 Å². The normalized spacial score (nSPS) is 12.7. The maximum Gasteiger partial charge on any atom is -0.000577 e. The number of hydrogen-bond acceptors (Lipinski definition) is 1. The molecule has 2 aromatic rings. The smallest absolute Gasteiger partial charge is 0.000577 e. The summed E-state index contributed by atoms with van der Waals surface area (Å²) in [4.78, 5) is 0. The molecule has 1 unspecified atom stereocenters. The van der Waals surface area contributed by atoms with E-state index in [0.717, 1.165) is 0 Å². The fraction of sp³-hybridized carbons (Fsp3) is 0.368. The Morgan fingerprint density at radius 2 is 1.60 bits per heavy atom. The Morgan fingerprint density at radius 3 is 2.10 bits per heavy atom. The Hall–Kier alpha value is -1.60. The van der Waals surface area contributed by atoms with Gasteiger partial charge in [-0.25, -0.2) is 0 Å². The maximum absolute atomic E-state index is 5.90. The zero-order valence-corrected chi connectivity index (χ0v) is 13.0. The van der Waals surface area contributed by atoms with Crippen LogP contribution in [-0.4, -0.2) is 6.54 Å². The average molecular weight is 267 g/mol. The second-order valence-corrected chi connectivity index (χ2v) is 6.03. The van der Waals surface area contributed by atoms with Crippen LogP contribution in [0.1, 0.15) is 36.5 Å². The third kappa shape index (κ3) is 3.10. The van der Waals surface area contributed by atoms with Gasteiger partial charge in [-0.2, -0.15) is 0 Å². The fourth-order valence-electron chi connectivity index (χ4n) is 2.84. The van der Waals surface area contributed by atoms with Gasteiger partial charge in [0.2, 0.25) is 0 Å². The highest BCUT2D eigenvalue weighted by atomic mass is 14.6. The Morgan fingerprint density at radius 1 is 0.950 bits per heavy atom. The standard InChI is InChI=1S/C19H25N/c1-13(2)19(12-20)17-8-6-16(7-9-17)18-10-5-14(3)11-15(18)4/h5-11,13,19H,12,20H2,1-4H3. The largest absolute Gasteiger partial charge is 0.330 e. The molecule has 0 spiro atoms. The van der Waals surface area contributed by atoms with E-state index in [4.69, 9.17) is 5.73 Å². The van der Waals surface area contributed by atoms with Crippen LogP contribution in [0.3, 0.4) is 0 Å². The molecule has 2 N–H and O–H groups in total. The zero-order chi connectivity index (χ0) is 14.7. The lowest BCUT2D eigenvalue weighted by molar-refractivity contribution is 0.506. The van der Waals surface area contributed by atoms with Crippen LogP contribution in [0, 0.1) is 19.8 Å². The number of aryl methyl sites for hydroxylation is 2. The van der Waals surface area contributed by atoms with Crippen molar-refractivity contribution in [2.75, 3.05) is 6.54 Å². The third-order valence-electron chi connectivity index (χ3n) is 4.09. The topological polar surface area (TPSA) is 26.0 Å². The first-order chi connectivity index (χ1) is 9.52. The summed E-state index contributed by atoms with van der Waals surface area (Å²) in [5.41, 5.74) is 12.5. The molecule has 0 radical (unpaired) electrons. The molecule has 2 aromatic carbocycles. The van der Waals surface area contributed by atoms with Crippen LogP contribution in [0.15, 0.2) is 42.5 Å². The molecule has 0 aliphatic heterocycles. The van der Waals surface area contributed by atoms with E-state index >= 15 is 0 Å². The lowest BCUT2D eigenvalue weighted by Crippen LogP contribution is -2.17. The van der Waals surface area contributed by atoms with Gasteiger partial charge in [0.1, 0.15) is 0 Å². The van der Waals surface area contributed by atoms with E-state index in [-0.39, 0.29) is 0 Å². The summed E-state index contributed by atoms with van der Waals surface area (Å²) in [6.07, 6.45) is 0. The molecule has 0 fully saturated rings. The number of hydrogen-bond donors (Lipinski definition) is 1. The summed E-state index contributed by atoms with van der Waals surface area (Å²) in [5, 5.41) is 0. The van der Waals surface area contributed by atoms with Crippen molar-refractivity contribution in [2.24, 2.45) is 11.7 Å². The SMILES string of the molecule is Cc1ccc(-c2ccc(C(CN)C(C)C)cc2)c(C)c1. The van der Waals surface area contributed by atoms with Gasteiger partial charge in [0, 0.05) is 0 Å². The van der Waals surface area contributed by atoms with Crippen molar-refractivity contribution in [3.8, 4) is 11.1 Å². The van der Waals surface area contributed by atoms with Crippen molar-refractivity contribution in [1.82, 2.24) is 0 Å². The van der Waals surface area contributed by atoms with Crippen molar-refractivity contribution in [1.29, 1.82) is 0 Å². The van der Waals surface area contributed by atoms with Crippen LogP contribution in [-0.2, 0) is 0 Å². The maximum atomic E-state index is 5.90. The monoisotopic (exact) mass is 267 g/mol. The van der Waals surface area contributed by atoms with Crippen LogP contribution < -0.4 is 5.73 Å². The van der Waals surface area contributed by atoms with Crippen LogP contribution in [0.4, 0.5) is 0 Å². The lowest BCUT2D eigenvalue weighted by atomic mass is 9.87. The molecule has 0 heterocycles. The third-order valence-corrected chi connectivity index (χ3v) is 4.09. The molecule has 106 valence electrons. The predicted octanol–water partition coefficient (Wildman–Crippen LogP) is 4.67. The van der Waals surface area contributed by atoms with E-state index in [1.165, 1.54) is 27.8 Å². The van der Waals surface area contributed by atoms with Crippen LogP contribution in [0.2, 0.25) is 0 Å². The Bertz CT molecular complexity index is 567. The molecule has 0 aromatic heterocycles. The second kappa shape index (κ2) is 6.23. The van der Waals surface area contributed by atoms with Crippen LogP contribution in [0.5, 0.6) is 0 Å². The van der Waals surface area contributed by atoms with E-state index in [0.29, 0.717) is 18.4 Å². The van der Waals surface area contributed by atoms with Crippen molar-refractivity contribution >= 4 is 0 Å². The lowest BCUT2D eigenvalue weighted by Gasteiger charge is -2.19. The first-order valence-corrected chi connectivity index (χ1v) is 7.40. The summed E-state index contributed by atoms with van der Waals surface area (Å²) in [6.45, 7) is 9.48. The molecule has 2 rings (SSSR count). The zero-order valence-electron chi connectivity index (χ0n) is 13.0. The van der Waals surface area contributed by atoms with E-state index < -0.39 is 0 Å². The predicted molar refractivity (Wildman–Crippen MR) is 88.0 cm³/mol. The highest BCUT2D eigenvalue weighted by Gasteiger charge is 2.14. The van der Waals surface area contributed by atoms with E-state index in [1.807, 2.05) is 0 Å². The summed E-state index contributed by atoms with van der Waals surface area (Å²) < 4.78 is 0. The van der Waals surface area contributed by atoms with Crippen LogP contribution >= 0.6 is 0 Å². The van der Waals surface area contributed by atoms with Gasteiger partial charge in [-0.1, -0.05) is 61.9 Å². The highest BCUT2D eigenvalue weighted by molar-refractivity contribution is 5.67. The molecule has 1 atom stereocenters. The van der Waals surface area contributed by atoms with Crippen molar-refractivity contribution < 1.29 is 0 Å². The van der Waals surface area contributed by atoms with Gasteiger partial charge in [0.25, 0.3) is 0 Å². The molecular weight excluding hydrogens is 242 g/mol. The van der Waals surface area contributed by atoms with Gasteiger partial charge in [-0.05, 0) is 54.5 Å². The number of nitrogens with two attached hydrogens (primary N) is 1. The Balaban J connectivity index is 2.32. The van der Waals surface area contributed by atoms with E-state index in [2.05, 4.69) is 70.2 Å². The van der Waals surface area contributed by atoms with Gasteiger partial charge >= 0.3 is 0 Å². The second-order valence-electron chi connectivity index (χ2n) is 6.03. The molecule has 0 amide bonds. The summed E-state index contributed by atoms with van der Waals surface area (Å²) in [5.74, 6) is 1.02. The minimum Gasteiger partial charge on any atom is -0.330 e. The van der Waals surface area contributed by atoms with Crippen LogP contribution in [0.25, 0.3) is 11.1 Å². The van der Waals surface area contributed by atoms with Gasteiger partial charge in [0.15, 0.2) is 0 Å². The van der Waals surface area contributed by atoms with Gasteiger partial charge < -0.3 is 5.73 Å². The van der Waals surface area contributed by atoms with Gasteiger partial charge in [0.05, 0.1) is 0 Å². The molecule has 20 heavy (non-hydrogen) atoms. The first-order valence-electron chi connectivity index (χ1n) is 7.40. The number of benzene rings is 2. The molecule has 0 saturated heterocycles. The molecule has 0 bridgehead atoms. The van der Waals surface area contributed by atoms with Crippen molar-refractivity contribution in [3.63, 3.8) is 0 Å². The summed E-state index contributed by atoms with van der Waals surface area (Å²) >= 11 is 0. The molecule has 0 aliphatic carbocycles. The first kappa shape index (κ1) is 14.8. The molecule has 0 saturated carbocycles. The van der Waals surface area contributed by atoms with Crippen molar-refractivity contribution in [3.05, 3.63) is 59.2 Å². The van der Waals surface area contributed by atoms with Gasteiger partial charge in [-0.3, -0.25) is 0 Å². The molecule has 1 nitrogen and oxygen atoms in total. The molecular formula is C19H25N. The van der Waals surface area contributed by atoms with E-state index in [1.54, 1.807) is 0 Å². The minimum absolute atomic E-state index is 0.447. The minimum atomic E-state index is 0.447. The van der Waals surface area contributed by atoms with E-state index in [9.17, 15) is 0 Å². The Kier molecular flexibility index (Phi) is 4.61. The average Bonchev–Trinajstić information content (AvgIpc) is 2.40. The molecule has 0 aliphatic rings. The quantitative estimate of drug-likeness (QED) is 0.856.